The molecule has 0 atom stereocenters. The Hall–Kier alpha value is -0.380. The van der Waals surface area contributed by atoms with E-state index in [1.54, 1.807) is 0 Å². The minimum absolute atomic E-state index is 0.940. The highest BCUT2D eigenvalue weighted by Crippen LogP contribution is 2.17. The fourth-order valence-electron chi connectivity index (χ4n) is 1.58. The second-order valence-corrected chi connectivity index (χ2v) is 5.28. The normalized spacial score (nSPS) is 11.1. The monoisotopic (exact) mass is 284 g/mol. The highest BCUT2D eigenvalue weighted by atomic mass is 79.9. The second-order valence-electron chi connectivity index (χ2n) is 4.43. The zero-order chi connectivity index (χ0) is 12.0. The molecule has 1 N–H and O–H groups in total. The van der Waals surface area contributed by atoms with Crippen molar-refractivity contribution < 1.29 is 0 Å². The van der Waals surface area contributed by atoms with Crippen molar-refractivity contribution in [2.45, 2.75) is 19.9 Å². The van der Waals surface area contributed by atoms with Gasteiger partial charge in [-0.05, 0) is 52.2 Å². The van der Waals surface area contributed by atoms with Crippen molar-refractivity contribution >= 4 is 15.9 Å². The summed E-state index contributed by atoms with van der Waals surface area (Å²) in [5.74, 6) is 0. The van der Waals surface area contributed by atoms with Gasteiger partial charge in [-0.1, -0.05) is 33.6 Å². The van der Waals surface area contributed by atoms with Crippen LogP contribution in [0.3, 0.4) is 0 Å². The molecule has 1 aromatic rings. The van der Waals surface area contributed by atoms with Crippen LogP contribution in [0.5, 0.6) is 0 Å². The van der Waals surface area contributed by atoms with Gasteiger partial charge >= 0.3 is 0 Å². The Labute approximate surface area is 107 Å². The lowest BCUT2D eigenvalue weighted by Crippen LogP contribution is -2.21. The largest absolute Gasteiger partial charge is 0.313 e. The maximum atomic E-state index is 3.57. The van der Waals surface area contributed by atoms with Gasteiger partial charge in [0.2, 0.25) is 0 Å². The number of halogens is 1. The van der Waals surface area contributed by atoms with E-state index < -0.39 is 0 Å². The quantitative estimate of drug-likeness (QED) is 0.809. The van der Waals surface area contributed by atoms with Crippen molar-refractivity contribution in [3.8, 4) is 0 Å². The summed E-state index contributed by atoms with van der Waals surface area (Å²) in [6.07, 6.45) is 1.19. The highest BCUT2D eigenvalue weighted by Gasteiger charge is 1.99. The number of nitrogens with one attached hydrogen (secondary N) is 1. The molecular formula is C13H21BrN2. The Morgan fingerprint density at radius 1 is 1.31 bits per heavy atom. The molecule has 0 heterocycles. The molecule has 1 rings (SSSR count). The summed E-state index contributed by atoms with van der Waals surface area (Å²) in [5, 5.41) is 3.47. The number of aryl methyl sites for hydroxylation is 1. The smallest absolute Gasteiger partial charge is 0.0220 e. The molecule has 0 bridgehead atoms. The van der Waals surface area contributed by atoms with Crippen LogP contribution in [0.1, 0.15) is 17.5 Å². The van der Waals surface area contributed by atoms with Gasteiger partial charge in [-0.15, -0.1) is 0 Å². The predicted octanol–water partition coefficient (Wildman–Crippen LogP) is 2.80. The van der Waals surface area contributed by atoms with Crippen molar-refractivity contribution in [2.75, 3.05) is 27.2 Å². The third kappa shape index (κ3) is 5.10. The Balaban J connectivity index is 2.29. The maximum absolute atomic E-state index is 3.57. The summed E-state index contributed by atoms with van der Waals surface area (Å²) in [5.41, 5.74) is 2.65. The van der Waals surface area contributed by atoms with Gasteiger partial charge in [0.1, 0.15) is 0 Å². The number of hydrogen-bond acceptors (Lipinski definition) is 2. The molecule has 0 unspecified atom stereocenters. The first kappa shape index (κ1) is 13.7. The lowest BCUT2D eigenvalue weighted by molar-refractivity contribution is 0.394. The Kier molecular flexibility index (Phi) is 6.03. The van der Waals surface area contributed by atoms with Crippen LogP contribution in [0.15, 0.2) is 22.7 Å². The summed E-state index contributed by atoms with van der Waals surface area (Å²) < 4.78 is 1.19. The summed E-state index contributed by atoms with van der Waals surface area (Å²) in [6.45, 7) is 5.28. The van der Waals surface area contributed by atoms with Gasteiger partial charge in [0, 0.05) is 11.0 Å². The molecule has 0 aliphatic carbocycles. The van der Waals surface area contributed by atoms with E-state index in [4.69, 9.17) is 0 Å². The molecule has 90 valence electrons. The van der Waals surface area contributed by atoms with E-state index in [9.17, 15) is 0 Å². The van der Waals surface area contributed by atoms with Gasteiger partial charge in [0.25, 0.3) is 0 Å². The molecule has 16 heavy (non-hydrogen) atoms. The fourth-order valence-corrected chi connectivity index (χ4v) is 1.97. The number of rotatable bonds is 6. The first-order chi connectivity index (χ1) is 7.59. The summed E-state index contributed by atoms with van der Waals surface area (Å²) in [4.78, 5) is 2.21. The molecule has 0 saturated carbocycles. The van der Waals surface area contributed by atoms with Crippen LogP contribution in [0, 0.1) is 6.92 Å². The minimum atomic E-state index is 0.940. The van der Waals surface area contributed by atoms with Crippen LogP contribution in [-0.2, 0) is 6.54 Å². The highest BCUT2D eigenvalue weighted by molar-refractivity contribution is 9.10. The molecule has 0 fully saturated rings. The van der Waals surface area contributed by atoms with Crippen LogP contribution < -0.4 is 5.32 Å². The van der Waals surface area contributed by atoms with Crippen molar-refractivity contribution in [1.82, 2.24) is 10.2 Å². The van der Waals surface area contributed by atoms with E-state index in [1.807, 2.05) is 0 Å². The molecule has 0 spiro atoms. The van der Waals surface area contributed by atoms with Gasteiger partial charge < -0.3 is 10.2 Å². The minimum Gasteiger partial charge on any atom is -0.313 e. The molecule has 1 aromatic carbocycles. The van der Waals surface area contributed by atoms with Gasteiger partial charge in [-0.25, -0.2) is 0 Å². The van der Waals surface area contributed by atoms with E-state index in [0.717, 1.165) is 19.6 Å². The Morgan fingerprint density at radius 3 is 2.75 bits per heavy atom. The van der Waals surface area contributed by atoms with E-state index in [2.05, 4.69) is 65.4 Å². The molecule has 0 saturated heterocycles. The molecule has 2 nitrogen and oxygen atoms in total. The topological polar surface area (TPSA) is 15.3 Å². The Morgan fingerprint density at radius 2 is 2.06 bits per heavy atom. The Bertz CT molecular complexity index is 324. The molecule has 0 aliphatic heterocycles. The van der Waals surface area contributed by atoms with Gasteiger partial charge in [0.05, 0.1) is 0 Å². The average Bonchev–Trinajstić information content (AvgIpc) is 2.22. The zero-order valence-electron chi connectivity index (χ0n) is 10.4. The van der Waals surface area contributed by atoms with E-state index in [0.29, 0.717) is 0 Å². The van der Waals surface area contributed by atoms with E-state index >= 15 is 0 Å². The molecular weight excluding hydrogens is 264 g/mol. The maximum Gasteiger partial charge on any atom is 0.0220 e. The molecule has 0 radical (unpaired) electrons. The predicted molar refractivity (Wildman–Crippen MR) is 73.8 cm³/mol. The van der Waals surface area contributed by atoms with E-state index in [-0.39, 0.29) is 0 Å². The summed E-state index contributed by atoms with van der Waals surface area (Å²) in [6, 6.07) is 6.47. The third-order valence-electron chi connectivity index (χ3n) is 2.48. The summed E-state index contributed by atoms with van der Waals surface area (Å²) in [7, 11) is 4.22. The van der Waals surface area contributed by atoms with Crippen molar-refractivity contribution in [1.29, 1.82) is 0 Å². The van der Waals surface area contributed by atoms with Gasteiger partial charge in [-0.3, -0.25) is 0 Å². The number of benzene rings is 1. The molecule has 0 amide bonds. The van der Waals surface area contributed by atoms with Crippen LogP contribution in [-0.4, -0.2) is 32.1 Å². The first-order valence-electron chi connectivity index (χ1n) is 5.70. The molecule has 0 aromatic heterocycles. The molecule has 3 heteroatoms. The zero-order valence-corrected chi connectivity index (χ0v) is 12.0. The summed E-state index contributed by atoms with van der Waals surface area (Å²) >= 11 is 3.57. The van der Waals surface area contributed by atoms with Crippen LogP contribution in [0.4, 0.5) is 0 Å². The molecule has 0 aliphatic rings. The van der Waals surface area contributed by atoms with Crippen LogP contribution in [0.2, 0.25) is 0 Å². The average molecular weight is 285 g/mol. The van der Waals surface area contributed by atoms with Crippen molar-refractivity contribution in [3.63, 3.8) is 0 Å². The van der Waals surface area contributed by atoms with Crippen molar-refractivity contribution in [2.24, 2.45) is 0 Å². The third-order valence-corrected chi connectivity index (χ3v) is 3.25. The second kappa shape index (κ2) is 7.05. The van der Waals surface area contributed by atoms with Crippen LogP contribution >= 0.6 is 15.9 Å². The lowest BCUT2D eigenvalue weighted by atomic mass is 10.1. The van der Waals surface area contributed by atoms with Crippen LogP contribution in [0.25, 0.3) is 0 Å². The SMILES string of the molecule is Cc1ccc(Br)c(CNCCCN(C)C)c1. The van der Waals surface area contributed by atoms with Gasteiger partial charge in [-0.2, -0.15) is 0 Å². The lowest BCUT2D eigenvalue weighted by Gasteiger charge is -2.10. The van der Waals surface area contributed by atoms with E-state index in [1.165, 1.54) is 22.0 Å². The number of nitrogens with zero attached hydrogens (tertiary/aromatic N) is 1. The fraction of sp³-hybridized carbons (Fsp3) is 0.538. The standard InChI is InChI=1S/C13H21BrN2/c1-11-5-6-13(14)12(9-11)10-15-7-4-8-16(2)3/h5-6,9,15H,4,7-8,10H2,1-3H3. The first-order valence-corrected chi connectivity index (χ1v) is 6.49. The number of hydrogen-bond donors (Lipinski definition) is 1. The van der Waals surface area contributed by atoms with Crippen molar-refractivity contribution in [3.05, 3.63) is 33.8 Å². The van der Waals surface area contributed by atoms with Gasteiger partial charge in [0.15, 0.2) is 0 Å².